The third-order valence-corrected chi connectivity index (χ3v) is 5.56. The van der Waals surface area contributed by atoms with E-state index < -0.39 is 0 Å². The summed E-state index contributed by atoms with van der Waals surface area (Å²) in [5, 5.41) is 3.67. The van der Waals surface area contributed by atoms with Crippen LogP contribution >= 0.6 is 11.6 Å². The van der Waals surface area contributed by atoms with Crippen LogP contribution in [0, 0.1) is 0 Å². The van der Waals surface area contributed by atoms with Crippen LogP contribution in [0.25, 0.3) is 0 Å². The molecule has 1 aromatic heterocycles. The number of amides is 1. The molecule has 0 spiro atoms. The highest BCUT2D eigenvalue weighted by atomic mass is 35.5. The van der Waals surface area contributed by atoms with Crippen LogP contribution in [0.1, 0.15) is 22.2 Å². The van der Waals surface area contributed by atoms with Crippen LogP contribution in [-0.4, -0.2) is 43.5 Å². The molecule has 2 heterocycles. The fourth-order valence-electron chi connectivity index (χ4n) is 3.71. The number of nitrogens with zero attached hydrogens (tertiary/aromatic N) is 2. The van der Waals surface area contributed by atoms with E-state index in [1.165, 1.54) is 5.69 Å². The van der Waals surface area contributed by atoms with Crippen LogP contribution in [0.5, 0.6) is 0 Å². The van der Waals surface area contributed by atoms with E-state index in [1.807, 2.05) is 18.2 Å². The summed E-state index contributed by atoms with van der Waals surface area (Å²) in [5.41, 5.74) is 1.85. The first-order valence-corrected chi connectivity index (χ1v) is 10.2. The Morgan fingerprint density at radius 3 is 2.34 bits per heavy atom. The molecule has 6 heteroatoms. The largest absolute Gasteiger partial charge is 0.468 e. The molecule has 0 unspecified atom stereocenters. The molecule has 1 aliphatic rings. The van der Waals surface area contributed by atoms with Gasteiger partial charge < -0.3 is 14.6 Å². The van der Waals surface area contributed by atoms with Gasteiger partial charge >= 0.3 is 0 Å². The zero-order chi connectivity index (χ0) is 20.1. The average molecular weight is 410 g/mol. The average Bonchev–Trinajstić information content (AvgIpc) is 3.30. The SMILES string of the molecule is O=C(NC[C@@H](c1ccco1)N1CCN(c2ccccc2)CC1)c1ccc(Cl)cc1. The van der Waals surface area contributed by atoms with E-state index in [4.69, 9.17) is 16.0 Å². The molecule has 1 amide bonds. The monoisotopic (exact) mass is 409 g/mol. The van der Waals surface area contributed by atoms with Crippen molar-refractivity contribution in [1.29, 1.82) is 0 Å². The van der Waals surface area contributed by atoms with Crippen molar-refractivity contribution in [3.63, 3.8) is 0 Å². The number of anilines is 1. The van der Waals surface area contributed by atoms with Gasteiger partial charge in [0.1, 0.15) is 5.76 Å². The summed E-state index contributed by atoms with van der Waals surface area (Å²) in [6, 6.07) is 21.3. The summed E-state index contributed by atoms with van der Waals surface area (Å²) in [4.78, 5) is 17.3. The van der Waals surface area contributed by atoms with Gasteiger partial charge in [0.15, 0.2) is 0 Å². The number of hydrogen-bond acceptors (Lipinski definition) is 4. The Hall–Kier alpha value is -2.76. The molecule has 5 nitrogen and oxygen atoms in total. The second-order valence-corrected chi connectivity index (χ2v) is 7.54. The summed E-state index contributed by atoms with van der Waals surface area (Å²) in [6.45, 7) is 4.16. The molecule has 0 saturated carbocycles. The number of nitrogens with one attached hydrogen (secondary N) is 1. The molecule has 29 heavy (non-hydrogen) atoms. The van der Waals surface area contributed by atoms with Crippen molar-refractivity contribution in [2.45, 2.75) is 6.04 Å². The van der Waals surface area contributed by atoms with Crippen molar-refractivity contribution in [3.8, 4) is 0 Å². The molecule has 1 N–H and O–H groups in total. The minimum atomic E-state index is -0.110. The van der Waals surface area contributed by atoms with Crippen LogP contribution in [0.2, 0.25) is 5.02 Å². The highest BCUT2D eigenvalue weighted by molar-refractivity contribution is 6.30. The van der Waals surface area contributed by atoms with Crippen LogP contribution in [0.3, 0.4) is 0 Å². The van der Waals surface area contributed by atoms with Gasteiger partial charge in [-0.15, -0.1) is 0 Å². The Bertz CT molecular complexity index is 905. The van der Waals surface area contributed by atoms with Gasteiger partial charge in [0.25, 0.3) is 5.91 Å². The maximum Gasteiger partial charge on any atom is 0.251 e. The Labute approximate surface area is 175 Å². The van der Waals surface area contributed by atoms with Gasteiger partial charge in [-0.05, 0) is 48.5 Å². The van der Waals surface area contributed by atoms with Crippen molar-refractivity contribution in [3.05, 3.63) is 89.3 Å². The lowest BCUT2D eigenvalue weighted by Gasteiger charge is -2.39. The first-order valence-electron chi connectivity index (χ1n) is 9.82. The molecule has 0 radical (unpaired) electrons. The van der Waals surface area contributed by atoms with E-state index in [9.17, 15) is 4.79 Å². The first-order chi connectivity index (χ1) is 14.2. The van der Waals surface area contributed by atoms with E-state index in [0.717, 1.165) is 31.9 Å². The molecule has 0 aliphatic carbocycles. The Kier molecular flexibility index (Phi) is 6.17. The van der Waals surface area contributed by atoms with Crippen LogP contribution < -0.4 is 10.2 Å². The standard InChI is InChI=1S/C23H24ClN3O2/c24-19-10-8-18(9-11-19)23(28)25-17-21(22-7-4-16-29-22)27-14-12-26(13-15-27)20-5-2-1-3-6-20/h1-11,16,21H,12-15,17H2,(H,25,28)/t21-/m0/s1. The second kappa shape index (κ2) is 9.16. The number of rotatable bonds is 6. The highest BCUT2D eigenvalue weighted by Crippen LogP contribution is 2.24. The summed E-state index contributed by atoms with van der Waals surface area (Å²) in [6.07, 6.45) is 1.68. The van der Waals surface area contributed by atoms with Crippen molar-refractivity contribution >= 4 is 23.2 Å². The molecule has 1 saturated heterocycles. The molecule has 2 aromatic carbocycles. The predicted molar refractivity (Wildman–Crippen MR) is 115 cm³/mol. The van der Waals surface area contributed by atoms with E-state index in [-0.39, 0.29) is 11.9 Å². The Balaban J connectivity index is 1.40. The quantitative estimate of drug-likeness (QED) is 0.662. The van der Waals surface area contributed by atoms with E-state index in [2.05, 4.69) is 39.4 Å². The van der Waals surface area contributed by atoms with Gasteiger partial charge in [0, 0.05) is 49.0 Å². The number of carbonyl (C=O) groups is 1. The summed E-state index contributed by atoms with van der Waals surface area (Å²) < 4.78 is 5.69. The lowest BCUT2D eigenvalue weighted by Crippen LogP contribution is -2.49. The van der Waals surface area contributed by atoms with Crippen LogP contribution in [-0.2, 0) is 0 Å². The lowest BCUT2D eigenvalue weighted by molar-refractivity contribution is 0.0923. The minimum absolute atomic E-state index is 0.000765. The number of hydrogen-bond donors (Lipinski definition) is 1. The zero-order valence-electron chi connectivity index (χ0n) is 16.1. The number of carbonyl (C=O) groups excluding carboxylic acids is 1. The number of benzene rings is 2. The predicted octanol–water partition coefficient (Wildman–Crippen LogP) is 4.23. The second-order valence-electron chi connectivity index (χ2n) is 7.11. The molecule has 0 bridgehead atoms. The number of piperazine rings is 1. The third-order valence-electron chi connectivity index (χ3n) is 5.31. The van der Waals surface area contributed by atoms with Gasteiger partial charge in [-0.3, -0.25) is 9.69 Å². The molecular formula is C23H24ClN3O2. The minimum Gasteiger partial charge on any atom is -0.468 e. The van der Waals surface area contributed by atoms with E-state index >= 15 is 0 Å². The molecule has 150 valence electrons. The molecule has 1 aliphatic heterocycles. The Morgan fingerprint density at radius 1 is 0.966 bits per heavy atom. The topological polar surface area (TPSA) is 48.7 Å². The van der Waals surface area contributed by atoms with E-state index in [1.54, 1.807) is 30.5 Å². The first kappa shape index (κ1) is 19.6. The van der Waals surface area contributed by atoms with Gasteiger partial charge in [-0.25, -0.2) is 0 Å². The lowest BCUT2D eigenvalue weighted by atomic mass is 10.1. The van der Waals surface area contributed by atoms with Crippen LogP contribution in [0.4, 0.5) is 5.69 Å². The molecule has 1 fully saturated rings. The fourth-order valence-corrected chi connectivity index (χ4v) is 3.84. The number of furan rings is 1. The summed E-state index contributed by atoms with van der Waals surface area (Å²) in [7, 11) is 0. The molecular weight excluding hydrogens is 386 g/mol. The van der Waals surface area contributed by atoms with Gasteiger partial charge in [-0.1, -0.05) is 29.8 Å². The number of halogens is 1. The third kappa shape index (κ3) is 4.81. The molecule has 3 aromatic rings. The fraction of sp³-hybridized carbons (Fsp3) is 0.261. The number of para-hydroxylation sites is 1. The smallest absolute Gasteiger partial charge is 0.251 e. The van der Waals surface area contributed by atoms with Crippen LogP contribution in [0.15, 0.2) is 77.4 Å². The maximum absolute atomic E-state index is 12.5. The summed E-state index contributed by atoms with van der Waals surface area (Å²) >= 11 is 5.91. The van der Waals surface area contributed by atoms with E-state index in [0.29, 0.717) is 17.1 Å². The van der Waals surface area contributed by atoms with Crippen molar-refractivity contribution < 1.29 is 9.21 Å². The summed E-state index contributed by atoms with van der Waals surface area (Å²) in [5.74, 6) is 0.760. The zero-order valence-corrected chi connectivity index (χ0v) is 16.9. The maximum atomic E-state index is 12.5. The van der Waals surface area contributed by atoms with Crippen molar-refractivity contribution in [1.82, 2.24) is 10.2 Å². The normalized spacial score (nSPS) is 15.8. The van der Waals surface area contributed by atoms with Crippen molar-refractivity contribution in [2.75, 3.05) is 37.6 Å². The molecule has 1 atom stereocenters. The van der Waals surface area contributed by atoms with Gasteiger partial charge in [0.05, 0.1) is 12.3 Å². The molecule has 4 rings (SSSR count). The van der Waals surface area contributed by atoms with Gasteiger partial charge in [-0.2, -0.15) is 0 Å². The Morgan fingerprint density at radius 2 is 1.69 bits per heavy atom. The van der Waals surface area contributed by atoms with Crippen molar-refractivity contribution in [2.24, 2.45) is 0 Å². The highest BCUT2D eigenvalue weighted by Gasteiger charge is 2.27. The van der Waals surface area contributed by atoms with Gasteiger partial charge in [0.2, 0.25) is 0 Å².